The zero-order chi connectivity index (χ0) is 28.6. The van der Waals surface area contributed by atoms with Crippen molar-refractivity contribution in [2.45, 2.75) is 58.5 Å². The third-order valence-electron chi connectivity index (χ3n) is 5.50. The molecule has 212 valence electrons. The highest BCUT2D eigenvalue weighted by Crippen LogP contribution is 2.08. The van der Waals surface area contributed by atoms with Crippen LogP contribution < -0.4 is 21.7 Å². The summed E-state index contributed by atoms with van der Waals surface area (Å²) in [6, 6.07) is 19.5. The number of nitrogens with one attached hydrogen (secondary N) is 3. The van der Waals surface area contributed by atoms with E-state index < -0.39 is 6.04 Å². The maximum absolute atomic E-state index is 11.8. The van der Waals surface area contributed by atoms with Gasteiger partial charge in [0.1, 0.15) is 12.3 Å². The standard InChI is InChI=1S/C10H19N3O2.C9H11NO.C9H13N.C2H6/c1-8(12-9(14)7-11-2)10(15)13-5-3-4-6-13;10-9(7-11)6-8-4-2-1-3-5-8;1-10-8-7-9-5-3-2-4-6-9;1-2/h8,11H,3-7H2,1-2H3,(H,12,14);1-5,7,9H,6,10H2;2-6,10H,7-8H2,1H3;1-2H3. The molecule has 8 heteroatoms. The smallest absolute Gasteiger partial charge is 0.244 e. The first-order valence-electron chi connectivity index (χ1n) is 13.6. The van der Waals surface area contributed by atoms with Crippen molar-refractivity contribution in [3.63, 3.8) is 0 Å². The lowest BCUT2D eigenvalue weighted by molar-refractivity contribution is -0.134. The number of benzene rings is 2. The molecule has 2 amide bonds. The van der Waals surface area contributed by atoms with Crippen LogP contribution in [0.25, 0.3) is 0 Å². The molecule has 2 aromatic carbocycles. The third-order valence-corrected chi connectivity index (χ3v) is 5.50. The van der Waals surface area contributed by atoms with Crippen LogP contribution in [-0.2, 0) is 27.2 Å². The molecule has 0 saturated carbocycles. The summed E-state index contributed by atoms with van der Waals surface area (Å²) in [5.74, 6) is -0.116. The highest BCUT2D eigenvalue weighted by atomic mass is 16.2. The Kier molecular flexibility index (Phi) is 21.2. The molecule has 1 aliphatic heterocycles. The normalized spacial score (nSPS) is 13.3. The second-order valence-corrected chi connectivity index (χ2v) is 8.68. The fraction of sp³-hybridized carbons (Fsp3) is 0.500. The number of carbonyl (C=O) groups is 3. The molecule has 38 heavy (non-hydrogen) atoms. The van der Waals surface area contributed by atoms with Gasteiger partial charge in [-0.3, -0.25) is 9.59 Å². The Labute approximate surface area is 229 Å². The topological polar surface area (TPSA) is 117 Å². The fourth-order valence-corrected chi connectivity index (χ4v) is 3.57. The Hall–Kier alpha value is -3.07. The summed E-state index contributed by atoms with van der Waals surface area (Å²) in [6.07, 6.45) is 4.67. The Morgan fingerprint density at radius 2 is 1.45 bits per heavy atom. The summed E-state index contributed by atoms with van der Waals surface area (Å²) in [7, 11) is 3.68. The van der Waals surface area contributed by atoms with Crippen molar-refractivity contribution in [1.82, 2.24) is 20.9 Å². The van der Waals surface area contributed by atoms with E-state index in [4.69, 9.17) is 5.73 Å². The predicted molar refractivity (Wildman–Crippen MR) is 157 cm³/mol. The van der Waals surface area contributed by atoms with Gasteiger partial charge in [-0.1, -0.05) is 74.5 Å². The molecule has 1 saturated heterocycles. The molecule has 2 atom stereocenters. The average Bonchev–Trinajstić information content (AvgIpc) is 3.49. The van der Waals surface area contributed by atoms with Crippen molar-refractivity contribution in [2.75, 3.05) is 40.3 Å². The van der Waals surface area contributed by atoms with Crippen LogP contribution in [0.3, 0.4) is 0 Å². The molecule has 1 fully saturated rings. The van der Waals surface area contributed by atoms with Crippen molar-refractivity contribution in [3.8, 4) is 0 Å². The van der Waals surface area contributed by atoms with Gasteiger partial charge in [-0.15, -0.1) is 0 Å². The second kappa shape index (κ2) is 23.1. The summed E-state index contributed by atoms with van der Waals surface area (Å²) in [5.41, 5.74) is 7.94. The maximum Gasteiger partial charge on any atom is 0.244 e. The SMILES string of the molecule is CC.CNCC(=O)NC(C)C(=O)N1CCCC1.CNCCc1ccccc1.NC(C=O)Cc1ccccc1. The maximum atomic E-state index is 11.8. The molecule has 1 aliphatic rings. The highest BCUT2D eigenvalue weighted by molar-refractivity contribution is 5.88. The van der Waals surface area contributed by atoms with Crippen molar-refractivity contribution in [3.05, 3.63) is 71.8 Å². The number of carbonyl (C=O) groups excluding carboxylic acids is 3. The van der Waals surface area contributed by atoms with Crippen LogP contribution in [0.2, 0.25) is 0 Å². The number of hydrogen-bond acceptors (Lipinski definition) is 6. The Morgan fingerprint density at radius 3 is 1.92 bits per heavy atom. The van der Waals surface area contributed by atoms with Crippen molar-refractivity contribution in [1.29, 1.82) is 0 Å². The number of rotatable bonds is 10. The largest absolute Gasteiger partial charge is 0.343 e. The summed E-state index contributed by atoms with van der Waals surface area (Å²) < 4.78 is 0. The molecular formula is C30H49N5O3. The molecule has 0 bridgehead atoms. The van der Waals surface area contributed by atoms with E-state index in [9.17, 15) is 14.4 Å². The molecular weight excluding hydrogens is 478 g/mol. The van der Waals surface area contributed by atoms with Crippen LogP contribution in [0, 0.1) is 0 Å². The van der Waals surface area contributed by atoms with Crippen molar-refractivity contribution in [2.24, 2.45) is 5.73 Å². The Balaban J connectivity index is 0.000000534. The zero-order valence-electron chi connectivity index (χ0n) is 23.9. The first-order valence-corrected chi connectivity index (χ1v) is 13.6. The number of likely N-dealkylation sites (N-methyl/N-ethyl adjacent to an activating group) is 2. The third kappa shape index (κ3) is 16.6. The number of amides is 2. The average molecular weight is 528 g/mol. The summed E-state index contributed by atoms with van der Waals surface area (Å²) in [4.78, 5) is 35.0. The van der Waals surface area contributed by atoms with E-state index in [-0.39, 0.29) is 24.4 Å². The van der Waals surface area contributed by atoms with E-state index in [1.54, 1.807) is 14.0 Å². The summed E-state index contributed by atoms with van der Waals surface area (Å²) >= 11 is 0. The van der Waals surface area contributed by atoms with Gasteiger partial charge in [0.15, 0.2) is 0 Å². The minimum atomic E-state index is -0.413. The van der Waals surface area contributed by atoms with E-state index in [1.807, 2.05) is 62.2 Å². The second-order valence-electron chi connectivity index (χ2n) is 8.68. The minimum absolute atomic E-state index is 0.0250. The van der Waals surface area contributed by atoms with Crippen molar-refractivity contribution >= 4 is 18.1 Å². The predicted octanol–water partition coefficient (Wildman–Crippen LogP) is 2.56. The van der Waals surface area contributed by atoms with Crippen LogP contribution in [0.4, 0.5) is 0 Å². The van der Waals surface area contributed by atoms with E-state index in [0.717, 1.165) is 50.7 Å². The van der Waals surface area contributed by atoms with Crippen LogP contribution in [0.1, 0.15) is 44.7 Å². The molecule has 3 rings (SSSR count). The fourth-order valence-electron chi connectivity index (χ4n) is 3.57. The number of likely N-dealkylation sites (tertiary alicyclic amines) is 1. The molecule has 2 aromatic rings. The molecule has 0 aliphatic carbocycles. The quantitative estimate of drug-likeness (QED) is 0.353. The molecule has 1 heterocycles. The van der Waals surface area contributed by atoms with Crippen LogP contribution >= 0.6 is 0 Å². The molecule has 0 radical (unpaired) electrons. The monoisotopic (exact) mass is 527 g/mol. The molecule has 0 spiro atoms. The van der Waals surface area contributed by atoms with E-state index in [1.165, 1.54) is 5.56 Å². The molecule has 5 N–H and O–H groups in total. The molecule has 2 unspecified atom stereocenters. The van der Waals surface area contributed by atoms with Crippen molar-refractivity contribution < 1.29 is 14.4 Å². The molecule has 0 aromatic heterocycles. The first kappa shape index (κ1) is 34.9. The lowest BCUT2D eigenvalue weighted by Gasteiger charge is -2.21. The van der Waals surface area contributed by atoms with Gasteiger partial charge < -0.3 is 31.4 Å². The number of nitrogens with zero attached hydrogens (tertiary/aromatic N) is 1. The lowest BCUT2D eigenvalue weighted by atomic mass is 10.1. The van der Waals surface area contributed by atoms with Gasteiger partial charge in [0, 0.05) is 13.1 Å². The van der Waals surface area contributed by atoms with Gasteiger partial charge in [0.2, 0.25) is 11.8 Å². The van der Waals surface area contributed by atoms with E-state index >= 15 is 0 Å². The molecule has 8 nitrogen and oxygen atoms in total. The van der Waals surface area contributed by atoms with Gasteiger partial charge in [-0.2, -0.15) is 0 Å². The van der Waals surface area contributed by atoms with Crippen LogP contribution in [0.15, 0.2) is 60.7 Å². The summed E-state index contributed by atoms with van der Waals surface area (Å²) in [5, 5.41) is 8.53. The van der Waals surface area contributed by atoms with Gasteiger partial charge in [-0.05, 0) is 64.4 Å². The minimum Gasteiger partial charge on any atom is -0.343 e. The Bertz CT molecular complexity index is 859. The number of nitrogens with two attached hydrogens (primary N) is 1. The van der Waals surface area contributed by atoms with E-state index in [2.05, 4.69) is 40.2 Å². The Morgan fingerprint density at radius 1 is 0.921 bits per heavy atom. The number of aldehydes is 1. The van der Waals surface area contributed by atoms with Gasteiger partial charge in [0.25, 0.3) is 0 Å². The first-order chi connectivity index (χ1) is 18.4. The lowest BCUT2D eigenvalue weighted by Crippen LogP contribution is -2.47. The van der Waals surface area contributed by atoms with Gasteiger partial charge in [-0.25, -0.2) is 0 Å². The van der Waals surface area contributed by atoms with Crippen LogP contribution in [0.5, 0.6) is 0 Å². The van der Waals surface area contributed by atoms with Crippen LogP contribution in [-0.4, -0.2) is 75.4 Å². The number of hydrogen-bond donors (Lipinski definition) is 4. The van der Waals surface area contributed by atoms with Gasteiger partial charge >= 0.3 is 0 Å². The highest BCUT2D eigenvalue weighted by Gasteiger charge is 2.23. The summed E-state index contributed by atoms with van der Waals surface area (Å²) in [6.45, 7) is 8.69. The zero-order valence-corrected chi connectivity index (χ0v) is 23.9. The van der Waals surface area contributed by atoms with Gasteiger partial charge in [0.05, 0.1) is 12.6 Å². The van der Waals surface area contributed by atoms with E-state index in [0.29, 0.717) is 6.42 Å².